The van der Waals surface area contributed by atoms with Crippen molar-refractivity contribution >= 4 is 16.2 Å². The van der Waals surface area contributed by atoms with Gasteiger partial charge in [0.25, 0.3) is 10.2 Å². The van der Waals surface area contributed by atoms with Gasteiger partial charge >= 0.3 is 5.97 Å². The SMILES string of the molecule is COCCNS(=O)(=O)N1CCOC(C(=O)OC)C1. The molecule has 0 radical (unpaired) electrons. The van der Waals surface area contributed by atoms with E-state index in [4.69, 9.17) is 9.47 Å². The van der Waals surface area contributed by atoms with Crippen molar-refractivity contribution in [3.63, 3.8) is 0 Å². The quantitative estimate of drug-likeness (QED) is 0.463. The van der Waals surface area contributed by atoms with Crippen LogP contribution in [0.15, 0.2) is 0 Å². The smallest absolute Gasteiger partial charge is 0.336 e. The maximum absolute atomic E-state index is 11.9. The number of methoxy groups -OCH3 is 2. The van der Waals surface area contributed by atoms with E-state index in [0.29, 0.717) is 0 Å². The summed E-state index contributed by atoms with van der Waals surface area (Å²) in [4.78, 5) is 11.3. The molecule has 9 heteroatoms. The summed E-state index contributed by atoms with van der Waals surface area (Å²) in [5, 5.41) is 0. The highest BCUT2D eigenvalue weighted by Crippen LogP contribution is 2.09. The monoisotopic (exact) mass is 282 g/mol. The average molecular weight is 282 g/mol. The number of morpholine rings is 1. The van der Waals surface area contributed by atoms with Crippen LogP contribution in [0.3, 0.4) is 0 Å². The number of nitrogens with zero attached hydrogens (tertiary/aromatic N) is 1. The van der Waals surface area contributed by atoms with Crippen LogP contribution in [0.25, 0.3) is 0 Å². The Labute approximate surface area is 106 Å². The summed E-state index contributed by atoms with van der Waals surface area (Å²) in [6.45, 7) is 0.777. The summed E-state index contributed by atoms with van der Waals surface area (Å²) in [5.41, 5.74) is 0. The van der Waals surface area contributed by atoms with Crippen LogP contribution in [0.5, 0.6) is 0 Å². The lowest BCUT2D eigenvalue weighted by Crippen LogP contribution is -2.52. The molecule has 1 aliphatic heterocycles. The van der Waals surface area contributed by atoms with Crippen LogP contribution >= 0.6 is 0 Å². The van der Waals surface area contributed by atoms with Crippen LogP contribution in [0.2, 0.25) is 0 Å². The lowest BCUT2D eigenvalue weighted by atomic mass is 10.3. The van der Waals surface area contributed by atoms with Gasteiger partial charge in [0.05, 0.1) is 26.9 Å². The van der Waals surface area contributed by atoms with Crippen LogP contribution in [0, 0.1) is 0 Å². The van der Waals surface area contributed by atoms with Gasteiger partial charge in [-0.05, 0) is 0 Å². The van der Waals surface area contributed by atoms with Crippen molar-refractivity contribution in [3.05, 3.63) is 0 Å². The molecule has 18 heavy (non-hydrogen) atoms. The highest BCUT2D eigenvalue weighted by Gasteiger charge is 2.33. The van der Waals surface area contributed by atoms with E-state index in [0.717, 1.165) is 4.31 Å². The molecule has 0 aromatic rings. The first-order chi connectivity index (χ1) is 8.51. The molecule has 1 atom stereocenters. The fraction of sp³-hybridized carbons (Fsp3) is 0.889. The Balaban J connectivity index is 2.57. The fourth-order valence-electron chi connectivity index (χ4n) is 1.48. The summed E-state index contributed by atoms with van der Waals surface area (Å²) < 4.78 is 41.7. The van der Waals surface area contributed by atoms with Crippen molar-refractivity contribution in [2.24, 2.45) is 0 Å². The number of nitrogens with one attached hydrogen (secondary N) is 1. The van der Waals surface area contributed by atoms with Crippen molar-refractivity contribution in [3.8, 4) is 0 Å². The van der Waals surface area contributed by atoms with E-state index in [1.807, 2.05) is 0 Å². The molecule has 0 spiro atoms. The zero-order valence-electron chi connectivity index (χ0n) is 10.4. The van der Waals surface area contributed by atoms with E-state index >= 15 is 0 Å². The van der Waals surface area contributed by atoms with Gasteiger partial charge < -0.3 is 14.2 Å². The predicted molar refractivity (Wildman–Crippen MR) is 62.1 cm³/mol. The Morgan fingerprint density at radius 2 is 2.22 bits per heavy atom. The molecule has 1 saturated heterocycles. The third kappa shape index (κ3) is 4.18. The summed E-state index contributed by atoms with van der Waals surface area (Å²) in [7, 11) is -0.900. The molecule has 8 nitrogen and oxygen atoms in total. The second kappa shape index (κ2) is 7.00. The van der Waals surface area contributed by atoms with E-state index in [9.17, 15) is 13.2 Å². The van der Waals surface area contributed by atoms with Gasteiger partial charge in [-0.25, -0.2) is 4.79 Å². The molecule has 1 heterocycles. The van der Waals surface area contributed by atoms with E-state index in [1.165, 1.54) is 14.2 Å². The Hall–Kier alpha value is -0.740. The van der Waals surface area contributed by atoms with Gasteiger partial charge in [0, 0.05) is 20.2 Å². The molecule has 106 valence electrons. The van der Waals surface area contributed by atoms with Crippen LogP contribution in [0.1, 0.15) is 0 Å². The average Bonchev–Trinajstić information content (AvgIpc) is 2.38. The number of hydrogen-bond donors (Lipinski definition) is 1. The number of carbonyl (C=O) groups excluding carboxylic acids is 1. The third-order valence-corrected chi connectivity index (χ3v) is 4.00. The van der Waals surface area contributed by atoms with Crippen molar-refractivity contribution < 1.29 is 27.4 Å². The minimum atomic E-state index is -3.61. The molecule has 1 N–H and O–H groups in total. The highest BCUT2D eigenvalue weighted by molar-refractivity contribution is 7.87. The number of ether oxygens (including phenoxy) is 3. The molecule has 0 aromatic heterocycles. The Kier molecular flexibility index (Phi) is 5.96. The van der Waals surface area contributed by atoms with Crippen molar-refractivity contribution in [2.45, 2.75) is 6.10 Å². The number of esters is 1. The molecule has 1 fully saturated rings. The first-order valence-corrected chi connectivity index (χ1v) is 6.88. The van der Waals surface area contributed by atoms with Gasteiger partial charge in [0.1, 0.15) is 0 Å². The first kappa shape index (κ1) is 15.3. The third-order valence-electron chi connectivity index (χ3n) is 2.42. The maximum atomic E-state index is 11.9. The summed E-state index contributed by atoms with van der Waals surface area (Å²) in [5.74, 6) is -0.577. The van der Waals surface area contributed by atoms with Crippen LogP contribution in [0.4, 0.5) is 0 Å². The molecule has 0 amide bonds. The van der Waals surface area contributed by atoms with E-state index < -0.39 is 22.3 Å². The fourth-order valence-corrected chi connectivity index (χ4v) is 2.65. The predicted octanol–water partition coefficient (Wildman–Crippen LogP) is -1.66. The molecular formula is C9H18N2O6S. The molecule has 0 bridgehead atoms. The molecule has 1 rings (SSSR count). The molecule has 0 aliphatic carbocycles. The maximum Gasteiger partial charge on any atom is 0.336 e. The molecular weight excluding hydrogens is 264 g/mol. The van der Waals surface area contributed by atoms with Crippen molar-refractivity contribution in [1.29, 1.82) is 0 Å². The van der Waals surface area contributed by atoms with Crippen molar-refractivity contribution in [1.82, 2.24) is 9.03 Å². The Morgan fingerprint density at radius 1 is 1.50 bits per heavy atom. The molecule has 1 aliphatic rings. The summed E-state index contributed by atoms with van der Waals surface area (Å²) >= 11 is 0. The number of carbonyl (C=O) groups is 1. The van der Waals surface area contributed by atoms with Gasteiger partial charge in [0.15, 0.2) is 6.10 Å². The lowest BCUT2D eigenvalue weighted by molar-refractivity contribution is -0.157. The van der Waals surface area contributed by atoms with Gasteiger partial charge in [-0.2, -0.15) is 17.4 Å². The zero-order valence-corrected chi connectivity index (χ0v) is 11.2. The minimum Gasteiger partial charge on any atom is -0.467 e. The number of rotatable bonds is 6. The second-order valence-electron chi connectivity index (χ2n) is 3.63. The summed E-state index contributed by atoms with van der Waals surface area (Å²) in [6, 6.07) is 0. The normalized spacial score (nSPS) is 21.8. The molecule has 0 aromatic carbocycles. The largest absolute Gasteiger partial charge is 0.467 e. The van der Waals surface area contributed by atoms with E-state index in [-0.39, 0.29) is 32.8 Å². The van der Waals surface area contributed by atoms with Gasteiger partial charge in [-0.15, -0.1) is 0 Å². The molecule has 1 unspecified atom stereocenters. The zero-order chi connectivity index (χ0) is 13.6. The lowest BCUT2D eigenvalue weighted by Gasteiger charge is -2.30. The minimum absolute atomic E-state index is 0.0466. The Bertz CT molecular complexity index is 371. The number of hydrogen-bond acceptors (Lipinski definition) is 6. The van der Waals surface area contributed by atoms with Crippen LogP contribution in [-0.2, 0) is 29.2 Å². The van der Waals surface area contributed by atoms with Crippen LogP contribution < -0.4 is 4.72 Å². The highest BCUT2D eigenvalue weighted by atomic mass is 32.2. The Morgan fingerprint density at radius 3 is 2.83 bits per heavy atom. The van der Waals surface area contributed by atoms with Crippen LogP contribution in [-0.4, -0.2) is 71.9 Å². The standard InChI is InChI=1S/C9H18N2O6S/c1-15-5-3-10-18(13,14)11-4-6-17-8(7-11)9(12)16-2/h8,10H,3-7H2,1-2H3. The van der Waals surface area contributed by atoms with E-state index in [2.05, 4.69) is 9.46 Å². The molecule has 0 saturated carbocycles. The van der Waals surface area contributed by atoms with Crippen molar-refractivity contribution in [2.75, 3.05) is 47.1 Å². The first-order valence-electron chi connectivity index (χ1n) is 5.44. The van der Waals surface area contributed by atoms with E-state index in [1.54, 1.807) is 0 Å². The van der Waals surface area contributed by atoms with Gasteiger partial charge in [-0.3, -0.25) is 0 Å². The summed E-state index contributed by atoms with van der Waals surface area (Å²) in [6.07, 6.45) is -0.872. The topological polar surface area (TPSA) is 94.2 Å². The van der Waals surface area contributed by atoms with Gasteiger partial charge in [0.2, 0.25) is 0 Å². The second-order valence-corrected chi connectivity index (χ2v) is 5.39. The van der Waals surface area contributed by atoms with Gasteiger partial charge in [-0.1, -0.05) is 0 Å².